The van der Waals surface area contributed by atoms with Crippen LogP contribution in [-0.4, -0.2) is 30.8 Å². The Morgan fingerprint density at radius 1 is 1.22 bits per heavy atom. The molecule has 27 heavy (non-hydrogen) atoms. The summed E-state index contributed by atoms with van der Waals surface area (Å²) in [6.07, 6.45) is 5.91. The highest BCUT2D eigenvalue weighted by Gasteiger charge is 2.12. The number of nitrogens with one attached hydrogen (secondary N) is 1. The Labute approximate surface area is 158 Å². The van der Waals surface area contributed by atoms with Crippen LogP contribution in [0.4, 0.5) is 5.82 Å². The second kappa shape index (κ2) is 7.92. The fourth-order valence-corrected chi connectivity index (χ4v) is 3.12. The van der Waals surface area contributed by atoms with Gasteiger partial charge in [0.25, 0.3) is 0 Å². The van der Waals surface area contributed by atoms with E-state index in [0.717, 1.165) is 11.1 Å². The van der Waals surface area contributed by atoms with Gasteiger partial charge in [0.15, 0.2) is 5.82 Å². The van der Waals surface area contributed by atoms with Crippen molar-refractivity contribution in [3.05, 3.63) is 65.1 Å². The molecule has 4 heterocycles. The highest BCUT2D eigenvalue weighted by atomic mass is 32.1. The van der Waals surface area contributed by atoms with E-state index in [0.29, 0.717) is 30.5 Å². The van der Waals surface area contributed by atoms with Crippen LogP contribution in [0, 0.1) is 0 Å². The van der Waals surface area contributed by atoms with Crippen molar-refractivity contribution >= 4 is 23.1 Å². The van der Waals surface area contributed by atoms with Gasteiger partial charge in [0.05, 0.1) is 6.54 Å². The summed E-state index contributed by atoms with van der Waals surface area (Å²) in [6.45, 7) is 0.617. The van der Waals surface area contributed by atoms with E-state index in [2.05, 4.69) is 25.5 Å². The molecule has 0 aliphatic rings. The van der Waals surface area contributed by atoms with E-state index in [-0.39, 0.29) is 12.3 Å². The Balaban J connectivity index is 1.28. The van der Waals surface area contributed by atoms with E-state index in [1.54, 1.807) is 34.5 Å². The van der Waals surface area contributed by atoms with Crippen molar-refractivity contribution in [2.45, 2.75) is 19.4 Å². The first-order chi connectivity index (χ1) is 13.3. The molecule has 0 fully saturated rings. The largest absolute Gasteiger partial charge is 0.339 e. The Hall–Kier alpha value is -3.33. The number of carbonyl (C=O) groups is 1. The lowest BCUT2D eigenvalue weighted by atomic mass is 10.3. The standard InChI is InChI=1S/C18H16N6O2S/c25-16(1-2-17-21-18(23-26-17)14-6-10-27-12-14)20-15-5-9-24(22-15)11-13-3-7-19-8-4-13/h3-10,12H,1-2,11H2,(H,20,22,25). The summed E-state index contributed by atoms with van der Waals surface area (Å²) in [5, 5.41) is 15.0. The van der Waals surface area contributed by atoms with Crippen molar-refractivity contribution in [2.24, 2.45) is 0 Å². The summed E-state index contributed by atoms with van der Waals surface area (Å²) in [7, 11) is 0. The highest BCUT2D eigenvalue weighted by Crippen LogP contribution is 2.19. The van der Waals surface area contributed by atoms with Crippen LogP contribution in [0.5, 0.6) is 0 Å². The molecule has 9 heteroatoms. The molecule has 1 amide bonds. The van der Waals surface area contributed by atoms with E-state index in [1.165, 1.54) is 0 Å². The van der Waals surface area contributed by atoms with Crippen molar-refractivity contribution in [2.75, 3.05) is 5.32 Å². The lowest BCUT2D eigenvalue weighted by Crippen LogP contribution is -2.13. The summed E-state index contributed by atoms with van der Waals surface area (Å²) >= 11 is 1.57. The number of amides is 1. The Bertz CT molecular complexity index is 1010. The fourth-order valence-electron chi connectivity index (χ4n) is 2.48. The molecule has 0 aromatic carbocycles. The SMILES string of the molecule is O=C(CCc1nc(-c2ccsc2)no1)Nc1ccn(Cc2ccncc2)n1. The van der Waals surface area contributed by atoms with Crippen molar-refractivity contribution in [3.8, 4) is 11.4 Å². The molecule has 8 nitrogen and oxygen atoms in total. The van der Waals surface area contributed by atoms with Crippen LogP contribution in [-0.2, 0) is 17.8 Å². The second-order valence-electron chi connectivity index (χ2n) is 5.83. The van der Waals surface area contributed by atoms with Gasteiger partial charge in [-0.1, -0.05) is 5.16 Å². The number of anilines is 1. The Kier molecular flexibility index (Phi) is 5.01. The van der Waals surface area contributed by atoms with Crippen LogP contribution >= 0.6 is 11.3 Å². The number of hydrogen-bond acceptors (Lipinski definition) is 7. The van der Waals surface area contributed by atoms with E-state index in [1.807, 2.05) is 35.2 Å². The predicted molar refractivity (Wildman–Crippen MR) is 100 cm³/mol. The van der Waals surface area contributed by atoms with Crippen LogP contribution in [0.2, 0.25) is 0 Å². The minimum absolute atomic E-state index is 0.153. The van der Waals surface area contributed by atoms with Gasteiger partial charge in [0, 0.05) is 48.4 Å². The van der Waals surface area contributed by atoms with E-state index < -0.39 is 0 Å². The third-order valence-corrected chi connectivity index (χ3v) is 4.50. The smallest absolute Gasteiger partial charge is 0.227 e. The molecule has 0 unspecified atom stereocenters. The molecule has 4 aromatic heterocycles. The van der Waals surface area contributed by atoms with Gasteiger partial charge in [-0.15, -0.1) is 0 Å². The molecule has 0 radical (unpaired) electrons. The van der Waals surface area contributed by atoms with Gasteiger partial charge in [0.2, 0.25) is 17.6 Å². The molecule has 4 rings (SSSR count). The van der Waals surface area contributed by atoms with Crippen molar-refractivity contribution in [3.63, 3.8) is 0 Å². The van der Waals surface area contributed by atoms with Crippen LogP contribution in [0.1, 0.15) is 17.9 Å². The number of hydrogen-bond donors (Lipinski definition) is 1. The zero-order chi connectivity index (χ0) is 18.5. The molecule has 0 bridgehead atoms. The van der Waals surface area contributed by atoms with Gasteiger partial charge < -0.3 is 9.84 Å². The molecule has 4 aromatic rings. The van der Waals surface area contributed by atoms with Gasteiger partial charge in [0.1, 0.15) is 0 Å². The molecule has 1 N–H and O–H groups in total. The Morgan fingerprint density at radius 2 is 2.11 bits per heavy atom. The maximum Gasteiger partial charge on any atom is 0.227 e. The van der Waals surface area contributed by atoms with Crippen LogP contribution in [0.3, 0.4) is 0 Å². The number of carbonyl (C=O) groups excluding carboxylic acids is 1. The summed E-state index contributed by atoms with van der Waals surface area (Å²) < 4.78 is 6.96. The molecule has 136 valence electrons. The minimum atomic E-state index is -0.153. The summed E-state index contributed by atoms with van der Waals surface area (Å²) in [6, 6.07) is 7.54. The predicted octanol–water partition coefficient (Wildman–Crippen LogP) is 3.01. The molecule has 0 saturated heterocycles. The van der Waals surface area contributed by atoms with Crippen LogP contribution in [0.15, 0.2) is 58.1 Å². The number of rotatable bonds is 7. The normalized spacial score (nSPS) is 10.8. The minimum Gasteiger partial charge on any atom is -0.339 e. The number of aryl methyl sites for hydroxylation is 1. The zero-order valence-corrected chi connectivity index (χ0v) is 15.1. The molecular formula is C18H16N6O2S. The van der Waals surface area contributed by atoms with Crippen molar-refractivity contribution in [1.29, 1.82) is 0 Å². The Morgan fingerprint density at radius 3 is 2.93 bits per heavy atom. The summed E-state index contributed by atoms with van der Waals surface area (Å²) in [5.41, 5.74) is 2.00. The molecule has 0 spiro atoms. The maximum absolute atomic E-state index is 12.1. The van der Waals surface area contributed by atoms with Crippen LogP contribution in [0.25, 0.3) is 11.4 Å². The van der Waals surface area contributed by atoms with E-state index in [9.17, 15) is 4.79 Å². The van der Waals surface area contributed by atoms with Crippen molar-refractivity contribution < 1.29 is 9.32 Å². The second-order valence-corrected chi connectivity index (χ2v) is 6.61. The number of pyridine rings is 1. The number of aromatic nitrogens is 5. The van der Waals surface area contributed by atoms with Gasteiger partial charge in [-0.05, 0) is 29.1 Å². The van der Waals surface area contributed by atoms with Gasteiger partial charge in [-0.2, -0.15) is 21.4 Å². The number of thiophene rings is 1. The lowest BCUT2D eigenvalue weighted by Gasteiger charge is -2.02. The highest BCUT2D eigenvalue weighted by molar-refractivity contribution is 7.08. The quantitative estimate of drug-likeness (QED) is 0.529. The molecular weight excluding hydrogens is 364 g/mol. The molecule has 0 aliphatic heterocycles. The summed E-state index contributed by atoms with van der Waals surface area (Å²) in [4.78, 5) is 20.4. The van der Waals surface area contributed by atoms with Gasteiger partial charge in [-0.25, -0.2) is 0 Å². The first-order valence-electron chi connectivity index (χ1n) is 8.33. The number of nitrogens with zero attached hydrogens (tertiary/aromatic N) is 5. The van der Waals surface area contributed by atoms with Crippen LogP contribution < -0.4 is 5.32 Å². The topological polar surface area (TPSA) is 98.7 Å². The maximum atomic E-state index is 12.1. The van der Waals surface area contributed by atoms with E-state index >= 15 is 0 Å². The third-order valence-electron chi connectivity index (χ3n) is 3.82. The third kappa shape index (κ3) is 4.45. The lowest BCUT2D eigenvalue weighted by molar-refractivity contribution is -0.116. The average Bonchev–Trinajstić information content (AvgIpc) is 3.43. The first kappa shape index (κ1) is 17.1. The first-order valence-corrected chi connectivity index (χ1v) is 9.28. The van der Waals surface area contributed by atoms with E-state index in [4.69, 9.17) is 4.52 Å². The zero-order valence-electron chi connectivity index (χ0n) is 14.3. The summed E-state index contributed by atoms with van der Waals surface area (Å²) in [5.74, 6) is 1.34. The molecule has 0 aliphatic carbocycles. The molecule has 0 saturated carbocycles. The van der Waals surface area contributed by atoms with Gasteiger partial charge in [-0.3, -0.25) is 14.5 Å². The van der Waals surface area contributed by atoms with Gasteiger partial charge >= 0.3 is 0 Å². The van der Waals surface area contributed by atoms with Crippen molar-refractivity contribution in [1.82, 2.24) is 24.9 Å². The average molecular weight is 380 g/mol. The monoisotopic (exact) mass is 380 g/mol. The fraction of sp³-hybridized carbons (Fsp3) is 0.167. The molecule has 0 atom stereocenters.